The normalized spacial score (nSPS) is 20.5. The summed E-state index contributed by atoms with van der Waals surface area (Å²) in [7, 11) is 0. The van der Waals surface area contributed by atoms with Gasteiger partial charge in [-0.15, -0.1) is 11.3 Å². The van der Waals surface area contributed by atoms with Crippen LogP contribution in [0.4, 0.5) is 0 Å². The molecule has 3 heterocycles. The fourth-order valence-corrected chi connectivity index (χ4v) is 5.34. The lowest BCUT2D eigenvalue weighted by molar-refractivity contribution is 0.0777. The number of hydrogen-bond donors (Lipinski definition) is 0. The van der Waals surface area contributed by atoms with Crippen molar-refractivity contribution in [3.8, 4) is 0 Å². The second kappa shape index (κ2) is 5.69. The van der Waals surface area contributed by atoms with E-state index >= 15 is 0 Å². The molecule has 0 unspecified atom stereocenters. The summed E-state index contributed by atoms with van der Waals surface area (Å²) in [5, 5.41) is 1.24. The van der Waals surface area contributed by atoms with Crippen LogP contribution in [0.2, 0.25) is 0 Å². The molecule has 0 atom stereocenters. The van der Waals surface area contributed by atoms with E-state index in [0.29, 0.717) is 6.04 Å². The van der Waals surface area contributed by atoms with Crippen LogP contribution in [0.3, 0.4) is 0 Å². The average molecular weight is 320 g/mol. The Bertz CT molecular complexity index is 617. The van der Waals surface area contributed by atoms with Gasteiger partial charge in [0, 0.05) is 48.4 Å². The fraction of sp³-hybridized carbons (Fsp3) is 0.562. The molecule has 3 nitrogen and oxygen atoms in total. The summed E-state index contributed by atoms with van der Waals surface area (Å²) in [4.78, 5) is 15.4. The van der Waals surface area contributed by atoms with Gasteiger partial charge in [-0.1, -0.05) is 12.8 Å². The summed E-state index contributed by atoms with van der Waals surface area (Å²) in [6.07, 6.45) is 9.81. The third-order valence-corrected chi connectivity index (χ3v) is 6.62. The summed E-state index contributed by atoms with van der Waals surface area (Å²) >= 11 is 3.60. The van der Waals surface area contributed by atoms with Crippen LogP contribution in [0.5, 0.6) is 0 Å². The molecular formula is C16H20N2OS2. The van der Waals surface area contributed by atoms with Gasteiger partial charge in [-0.05, 0) is 18.9 Å². The highest BCUT2D eigenvalue weighted by atomic mass is 32.2. The SMILES string of the molecule is O=C(c1cc2cn(C3CCCC3)cc2s1)N1CCSCC1. The molecular weight excluding hydrogens is 300 g/mol. The van der Waals surface area contributed by atoms with Gasteiger partial charge in [-0.25, -0.2) is 0 Å². The smallest absolute Gasteiger partial charge is 0.264 e. The van der Waals surface area contributed by atoms with Gasteiger partial charge >= 0.3 is 0 Å². The molecule has 21 heavy (non-hydrogen) atoms. The zero-order chi connectivity index (χ0) is 14.2. The fourth-order valence-electron chi connectivity index (χ4n) is 3.40. The van der Waals surface area contributed by atoms with Crippen LogP contribution in [-0.4, -0.2) is 40.0 Å². The van der Waals surface area contributed by atoms with E-state index in [0.717, 1.165) is 29.5 Å². The molecule has 0 aromatic carbocycles. The number of thioether (sulfide) groups is 1. The van der Waals surface area contributed by atoms with Crippen LogP contribution in [0.15, 0.2) is 18.5 Å². The quantitative estimate of drug-likeness (QED) is 0.835. The lowest BCUT2D eigenvalue weighted by atomic mass is 10.2. The van der Waals surface area contributed by atoms with Crippen LogP contribution >= 0.6 is 23.1 Å². The van der Waals surface area contributed by atoms with Gasteiger partial charge in [0.15, 0.2) is 0 Å². The molecule has 1 saturated carbocycles. The number of rotatable bonds is 2. The minimum atomic E-state index is 0.226. The van der Waals surface area contributed by atoms with Gasteiger partial charge in [-0.3, -0.25) is 4.79 Å². The van der Waals surface area contributed by atoms with E-state index in [-0.39, 0.29) is 5.91 Å². The molecule has 0 bridgehead atoms. The number of thiophene rings is 1. The molecule has 112 valence electrons. The molecule has 4 rings (SSSR count). The number of carbonyl (C=O) groups is 1. The Balaban J connectivity index is 1.56. The zero-order valence-electron chi connectivity index (χ0n) is 12.1. The average Bonchev–Trinajstić information content (AvgIpc) is 3.22. The van der Waals surface area contributed by atoms with Gasteiger partial charge in [0.2, 0.25) is 0 Å². The summed E-state index contributed by atoms with van der Waals surface area (Å²) in [6, 6.07) is 2.78. The van der Waals surface area contributed by atoms with Crippen molar-refractivity contribution in [2.45, 2.75) is 31.7 Å². The third kappa shape index (κ3) is 2.61. The van der Waals surface area contributed by atoms with Gasteiger partial charge in [-0.2, -0.15) is 11.8 Å². The second-order valence-electron chi connectivity index (χ2n) is 5.98. The Hall–Kier alpha value is -0.940. The Morgan fingerprint density at radius 3 is 2.62 bits per heavy atom. The first-order chi connectivity index (χ1) is 10.3. The number of nitrogens with zero attached hydrogens (tertiary/aromatic N) is 2. The Morgan fingerprint density at radius 1 is 1.14 bits per heavy atom. The van der Waals surface area contributed by atoms with Crippen molar-refractivity contribution in [3.05, 3.63) is 23.3 Å². The maximum Gasteiger partial charge on any atom is 0.264 e. The van der Waals surface area contributed by atoms with E-state index in [2.05, 4.69) is 23.0 Å². The molecule has 1 saturated heterocycles. The highest BCUT2D eigenvalue weighted by molar-refractivity contribution is 7.99. The predicted molar refractivity (Wildman–Crippen MR) is 90.5 cm³/mol. The van der Waals surface area contributed by atoms with E-state index in [1.165, 1.54) is 35.8 Å². The first-order valence-corrected chi connectivity index (χ1v) is 9.76. The highest BCUT2D eigenvalue weighted by Crippen LogP contribution is 2.34. The summed E-state index contributed by atoms with van der Waals surface area (Å²) < 4.78 is 3.64. The topological polar surface area (TPSA) is 25.2 Å². The van der Waals surface area contributed by atoms with Crippen molar-refractivity contribution < 1.29 is 4.79 Å². The van der Waals surface area contributed by atoms with E-state index in [1.54, 1.807) is 11.3 Å². The molecule has 2 aromatic rings. The molecule has 1 aliphatic heterocycles. The van der Waals surface area contributed by atoms with Gasteiger partial charge in [0.05, 0.1) is 9.58 Å². The molecule has 1 amide bonds. The van der Waals surface area contributed by atoms with Crippen LogP contribution < -0.4 is 0 Å². The Morgan fingerprint density at radius 2 is 1.90 bits per heavy atom. The van der Waals surface area contributed by atoms with E-state index in [4.69, 9.17) is 0 Å². The first-order valence-electron chi connectivity index (χ1n) is 7.79. The van der Waals surface area contributed by atoms with Gasteiger partial charge in [0.25, 0.3) is 5.91 Å². The minimum Gasteiger partial charge on any atom is -0.349 e. The van der Waals surface area contributed by atoms with E-state index < -0.39 is 0 Å². The summed E-state index contributed by atoms with van der Waals surface area (Å²) in [5.41, 5.74) is 0. The lowest BCUT2D eigenvalue weighted by Crippen LogP contribution is -2.37. The third-order valence-electron chi connectivity index (χ3n) is 4.60. The number of hydrogen-bond acceptors (Lipinski definition) is 3. The largest absolute Gasteiger partial charge is 0.349 e. The number of aromatic nitrogens is 1. The summed E-state index contributed by atoms with van der Waals surface area (Å²) in [6.45, 7) is 1.79. The molecule has 2 fully saturated rings. The first kappa shape index (κ1) is 13.7. The van der Waals surface area contributed by atoms with Gasteiger partial charge < -0.3 is 9.47 Å². The minimum absolute atomic E-state index is 0.226. The molecule has 0 spiro atoms. The van der Waals surface area contributed by atoms with Crippen molar-refractivity contribution in [2.24, 2.45) is 0 Å². The monoisotopic (exact) mass is 320 g/mol. The van der Waals surface area contributed by atoms with Crippen LogP contribution in [-0.2, 0) is 0 Å². The number of amides is 1. The predicted octanol–water partition coefficient (Wildman–Crippen LogP) is 4.01. The standard InChI is InChI=1S/C16H20N2OS2/c19-16(17-5-7-20-8-6-17)14-9-12-10-18(11-15(12)21-14)13-3-1-2-4-13/h9-11,13H,1-8H2. The highest BCUT2D eigenvalue weighted by Gasteiger charge is 2.22. The molecule has 2 aromatic heterocycles. The molecule has 5 heteroatoms. The molecule has 1 aliphatic carbocycles. The van der Waals surface area contributed by atoms with Crippen LogP contribution in [0.1, 0.15) is 41.4 Å². The van der Waals surface area contributed by atoms with Crippen molar-refractivity contribution in [2.75, 3.05) is 24.6 Å². The maximum atomic E-state index is 12.5. The van der Waals surface area contributed by atoms with Crippen molar-refractivity contribution in [1.82, 2.24) is 9.47 Å². The van der Waals surface area contributed by atoms with Crippen LogP contribution in [0.25, 0.3) is 10.1 Å². The number of carbonyl (C=O) groups excluding carboxylic acids is 1. The van der Waals surface area contributed by atoms with Crippen LogP contribution in [0, 0.1) is 0 Å². The van der Waals surface area contributed by atoms with Crippen molar-refractivity contribution >= 4 is 39.1 Å². The zero-order valence-corrected chi connectivity index (χ0v) is 13.7. The lowest BCUT2D eigenvalue weighted by Gasteiger charge is -2.25. The van der Waals surface area contributed by atoms with Crippen molar-refractivity contribution in [3.63, 3.8) is 0 Å². The molecule has 0 N–H and O–H groups in total. The molecule has 2 aliphatic rings. The van der Waals surface area contributed by atoms with Crippen molar-refractivity contribution in [1.29, 1.82) is 0 Å². The Kier molecular flexibility index (Phi) is 3.71. The van der Waals surface area contributed by atoms with Gasteiger partial charge in [0.1, 0.15) is 0 Å². The van der Waals surface area contributed by atoms with E-state index in [9.17, 15) is 4.79 Å². The number of fused-ring (bicyclic) bond motifs is 1. The Labute approximate surface area is 133 Å². The molecule has 0 radical (unpaired) electrons. The second-order valence-corrected chi connectivity index (χ2v) is 8.29. The van der Waals surface area contributed by atoms with E-state index in [1.807, 2.05) is 16.7 Å². The summed E-state index contributed by atoms with van der Waals surface area (Å²) in [5.74, 6) is 2.37. The maximum absolute atomic E-state index is 12.5.